The van der Waals surface area contributed by atoms with E-state index in [4.69, 9.17) is 23.7 Å². The topological polar surface area (TPSA) is 116 Å². The number of hydrogen-bond donors (Lipinski definition) is 2. The van der Waals surface area contributed by atoms with Gasteiger partial charge >= 0.3 is 6.09 Å². The van der Waals surface area contributed by atoms with Crippen LogP contribution in [0.4, 0.5) is 10.5 Å². The molecule has 2 unspecified atom stereocenters. The molecule has 2 N–H and O–H groups in total. The van der Waals surface area contributed by atoms with Gasteiger partial charge in [-0.3, -0.25) is 4.79 Å². The molecule has 3 aromatic carbocycles. The van der Waals surface area contributed by atoms with Gasteiger partial charge in [0.25, 0.3) is 0 Å². The van der Waals surface area contributed by atoms with Gasteiger partial charge in [-0.1, -0.05) is 42.5 Å². The van der Waals surface area contributed by atoms with Crippen molar-refractivity contribution in [3.8, 4) is 11.5 Å². The highest BCUT2D eigenvalue weighted by atomic mass is 16.5. The van der Waals surface area contributed by atoms with Crippen LogP contribution < -0.4 is 14.8 Å². The third-order valence-electron chi connectivity index (χ3n) is 7.76. The van der Waals surface area contributed by atoms with Crippen molar-refractivity contribution in [3.05, 3.63) is 89.5 Å². The molecule has 1 aliphatic rings. The smallest absolute Gasteiger partial charge is 0.407 e. The lowest BCUT2D eigenvalue weighted by molar-refractivity contribution is -0.118. The van der Waals surface area contributed by atoms with Crippen molar-refractivity contribution in [2.24, 2.45) is 0 Å². The van der Waals surface area contributed by atoms with E-state index in [2.05, 4.69) is 5.32 Å². The summed E-state index contributed by atoms with van der Waals surface area (Å²) in [6.07, 6.45) is 0.521. The Balaban J connectivity index is 1.27. The fourth-order valence-electron chi connectivity index (χ4n) is 5.29. The molecular weight excluding hydrogens is 576 g/mol. The second-order valence-corrected chi connectivity index (χ2v) is 10.9. The van der Waals surface area contributed by atoms with E-state index in [9.17, 15) is 14.7 Å². The molecule has 0 bridgehead atoms. The average Bonchev–Trinajstić information content (AvgIpc) is 3.07. The maximum Gasteiger partial charge on any atom is 0.407 e. The number of nitrogens with zero attached hydrogens (tertiary/aromatic N) is 1. The highest BCUT2D eigenvalue weighted by molar-refractivity contribution is 5.83. The number of rotatable bonds is 18. The predicted molar refractivity (Wildman–Crippen MR) is 171 cm³/mol. The Bertz CT molecular complexity index is 1350. The fraction of sp³-hybridized carbons (Fsp3) is 0.429. The van der Waals surface area contributed by atoms with E-state index in [1.807, 2.05) is 72.8 Å². The highest BCUT2D eigenvalue weighted by Gasteiger charge is 2.33. The number of likely N-dealkylation sites (tertiary alicyclic amines) is 1. The summed E-state index contributed by atoms with van der Waals surface area (Å²) in [6.45, 7) is 3.28. The number of hydrogen-bond acceptors (Lipinski definition) is 8. The van der Waals surface area contributed by atoms with Crippen LogP contribution in [0.1, 0.15) is 41.9 Å². The number of carboxylic acid groups (broad SMARTS) is 1. The molecule has 0 spiro atoms. The molecule has 10 heteroatoms. The summed E-state index contributed by atoms with van der Waals surface area (Å²) in [4.78, 5) is 25.2. The number of piperidine rings is 1. The summed E-state index contributed by atoms with van der Waals surface area (Å²) in [5, 5.41) is 12.8. The maximum atomic E-state index is 12.0. The van der Waals surface area contributed by atoms with Gasteiger partial charge < -0.3 is 39.0 Å². The molecule has 0 aliphatic carbocycles. The van der Waals surface area contributed by atoms with E-state index >= 15 is 0 Å². The Morgan fingerprint density at radius 2 is 1.78 bits per heavy atom. The van der Waals surface area contributed by atoms with E-state index in [-0.39, 0.29) is 24.3 Å². The first-order chi connectivity index (χ1) is 22.0. The lowest BCUT2D eigenvalue weighted by Crippen LogP contribution is -2.46. The Labute approximate surface area is 265 Å². The van der Waals surface area contributed by atoms with E-state index in [0.29, 0.717) is 59.0 Å². The number of amides is 1. The van der Waals surface area contributed by atoms with Crippen LogP contribution >= 0.6 is 0 Å². The number of carbonyl (C=O) groups is 2. The molecule has 45 heavy (non-hydrogen) atoms. The molecule has 1 aliphatic heterocycles. The van der Waals surface area contributed by atoms with E-state index in [0.717, 1.165) is 40.3 Å². The predicted octanol–water partition coefficient (Wildman–Crippen LogP) is 5.75. The van der Waals surface area contributed by atoms with Crippen LogP contribution in [0.15, 0.2) is 72.8 Å². The fourth-order valence-corrected chi connectivity index (χ4v) is 5.29. The summed E-state index contributed by atoms with van der Waals surface area (Å²) in [7, 11) is 3.23. The Morgan fingerprint density at radius 1 is 0.956 bits per heavy atom. The van der Waals surface area contributed by atoms with Crippen molar-refractivity contribution in [2.75, 3.05) is 59.0 Å². The number of methoxy groups -OCH3 is 2. The molecule has 4 rings (SSSR count). The zero-order valence-electron chi connectivity index (χ0n) is 26.1. The Hall–Kier alpha value is -4.12. The normalized spacial score (nSPS) is 16.3. The Morgan fingerprint density at radius 3 is 2.56 bits per heavy atom. The molecule has 1 fully saturated rings. The second kappa shape index (κ2) is 18.0. The molecule has 0 aromatic heterocycles. The minimum Gasteiger partial charge on any atom is -0.496 e. The van der Waals surface area contributed by atoms with Crippen molar-refractivity contribution in [3.63, 3.8) is 0 Å². The summed E-state index contributed by atoms with van der Waals surface area (Å²) in [5.74, 6) is 1.70. The third-order valence-corrected chi connectivity index (χ3v) is 7.76. The van der Waals surface area contributed by atoms with Gasteiger partial charge in [-0.15, -0.1) is 0 Å². The van der Waals surface area contributed by atoms with Gasteiger partial charge in [0.05, 0.1) is 59.3 Å². The molecule has 3 aromatic rings. The monoisotopic (exact) mass is 620 g/mol. The van der Waals surface area contributed by atoms with Crippen molar-refractivity contribution in [1.29, 1.82) is 0 Å². The number of Topliss-reactive ketones (excluding diaryl/α,β-unsaturated/α-hetero) is 1. The number of benzene rings is 3. The summed E-state index contributed by atoms with van der Waals surface area (Å²) >= 11 is 0. The number of nitrogens with one attached hydrogen (secondary N) is 1. The van der Waals surface area contributed by atoms with Crippen molar-refractivity contribution in [2.45, 2.75) is 44.5 Å². The van der Waals surface area contributed by atoms with Gasteiger partial charge in [-0.05, 0) is 47.9 Å². The number of ether oxygens (including phenoxy) is 5. The zero-order valence-corrected chi connectivity index (χ0v) is 26.1. The standard InChI is InChI=1S/C35H44N2O8/c1-41-20-16-30(38)22-36-29-9-5-7-26(21-29)24-45-34-23-37(35(39)40)17-15-32(34)27-11-13-31(14-12-27)44-19-6-18-43-25-28-8-3-4-10-33(28)42-2/h3-5,7-14,21,32,34,36H,6,15-20,22-25H2,1-2H3,(H,39,40). The molecule has 242 valence electrons. The van der Waals surface area contributed by atoms with Crippen LogP contribution in [0.2, 0.25) is 0 Å². The van der Waals surface area contributed by atoms with Gasteiger partial charge in [0.2, 0.25) is 0 Å². The first-order valence-electron chi connectivity index (χ1n) is 15.3. The number of ketones is 1. The molecule has 1 heterocycles. The van der Waals surface area contributed by atoms with Gasteiger partial charge in [0, 0.05) is 43.7 Å². The van der Waals surface area contributed by atoms with Crippen LogP contribution in [-0.4, -0.2) is 81.7 Å². The van der Waals surface area contributed by atoms with Crippen molar-refractivity contribution >= 4 is 17.6 Å². The van der Waals surface area contributed by atoms with Crippen LogP contribution in [0.3, 0.4) is 0 Å². The van der Waals surface area contributed by atoms with Crippen LogP contribution in [0.5, 0.6) is 11.5 Å². The molecule has 1 saturated heterocycles. The Kier molecular flexibility index (Phi) is 13.5. The number of carbonyl (C=O) groups excluding carboxylic acids is 1. The molecule has 10 nitrogen and oxygen atoms in total. The van der Waals surface area contributed by atoms with Crippen LogP contribution in [0.25, 0.3) is 0 Å². The zero-order chi connectivity index (χ0) is 31.9. The van der Waals surface area contributed by atoms with E-state index < -0.39 is 6.09 Å². The van der Waals surface area contributed by atoms with Crippen LogP contribution in [0, 0.1) is 0 Å². The second-order valence-electron chi connectivity index (χ2n) is 10.9. The van der Waals surface area contributed by atoms with Crippen molar-refractivity contribution < 1.29 is 38.4 Å². The summed E-state index contributed by atoms with van der Waals surface area (Å²) < 4.78 is 28.4. The van der Waals surface area contributed by atoms with E-state index in [1.54, 1.807) is 14.2 Å². The van der Waals surface area contributed by atoms with Crippen LogP contribution in [-0.2, 0) is 32.2 Å². The SMILES string of the molecule is COCCC(=O)CNc1cccc(COC2CN(C(=O)O)CCC2c2ccc(OCCCOCc3ccccc3OC)cc2)c1. The first-order valence-corrected chi connectivity index (χ1v) is 15.3. The van der Waals surface area contributed by atoms with Gasteiger partial charge in [0.1, 0.15) is 11.5 Å². The number of anilines is 1. The average molecular weight is 621 g/mol. The van der Waals surface area contributed by atoms with Gasteiger partial charge in [-0.25, -0.2) is 4.79 Å². The molecule has 0 saturated carbocycles. The molecule has 2 atom stereocenters. The first kappa shape index (κ1) is 33.8. The minimum atomic E-state index is -0.943. The quantitative estimate of drug-likeness (QED) is 0.172. The summed E-state index contributed by atoms with van der Waals surface area (Å²) in [5.41, 5.74) is 3.86. The largest absolute Gasteiger partial charge is 0.496 e. The lowest BCUT2D eigenvalue weighted by Gasteiger charge is -2.37. The molecule has 0 radical (unpaired) electrons. The maximum absolute atomic E-state index is 12.0. The highest BCUT2D eigenvalue weighted by Crippen LogP contribution is 2.32. The molecular formula is C35H44N2O8. The van der Waals surface area contributed by atoms with Gasteiger partial charge in [0.15, 0.2) is 5.78 Å². The third kappa shape index (κ3) is 10.8. The summed E-state index contributed by atoms with van der Waals surface area (Å²) in [6, 6.07) is 23.5. The minimum absolute atomic E-state index is 0.0396. The van der Waals surface area contributed by atoms with Gasteiger partial charge in [-0.2, -0.15) is 0 Å². The van der Waals surface area contributed by atoms with Crippen molar-refractivity contribution in [1.82, 2.24) is 4.90 Å². The number of para-hydroxylation sites is 1. The van der Waals surface area contributed by atoms with E-state index in [1.165, 1.54) is 4.90 Å². The lowest BCUT2D eigenvalue weighted by atomic mass is 9.87. The molecule has 1 amide bonds.